The zero-order valence-electron chi connectivity index (χ0n) is 10.3. The van der Waals surface area contributed by atoms with Crippen LogP contribution in [0.15, 0.2) is 12.1 Å². The van der Waals surface area contributed by atoms with Crippen LogP contribution in [0.5, 0.6) is 0 Å². The maximum atomic E-state index is 13.7. The lowest BCUT2D eigenvalue weighted by Crippen LogP contribution is -2.22. The van der Waals surface area contributed by atoms with Gasteiger partial charge in [-0.2, -0.15) is 0 Å². The highest BCUT2D eigenvalue weighted by Crippen LogP contribution is 2.26. The minimum absolute atomic E-state index is 0.118. The van der Waals surface area contributed by atoms with Gasteiger partial charge >= 0.3 is 5.97 Å². The second-order valence-electron chi connectivity index (χ2n) is 3.91. The van der Waals surface area contributed by atoms with Gasteiger partial charge in [0.25, 0.3) is 5.69 Å². The Labute approximate surface area is 108 Å². The monoisotopic (exact) mass is 272 g/mol. The number of hydrogen-bond donors (Lipinski definition) is 2. The van der Waals surface area contributed by atoms with Gasteiger partial charge in [0.1, 0.15) is 5.56 Å². The van der Waals surface area contributed by atoms with Crippen molar-refractivity contribution in [2.75, 3.05) is 19.0 Å². The molecule has 1 unspecified atom stereocenters. The molecule has 0 bridgehead atoms. The van der Waals surface area contributed by atoms with Crippen LogP contribution in [0.4, 0.5) is 15.8 Å². The smallest absolute Gasteiger partial charge is 0.342 e. The molecule has 0 aliphatic rings. The number of carboxylic acid groups (broad SMARTS) is 1. The van der Waals surface area contributed by atoms with Crippen molar-refractivity contribution in [3.05, 3.63) is 33.6 Å². The molecule has 1 atom stereocenters. The molecule has 0 amide bonds. The summed E-state index contributed by atoms with van der Waals surface area (Å²) in [5.41, 5.74) is -1.47. The second-order valence-corrected chi connectivity index (χ2v) is 3.91. The van der Waals surface area contributed by atoms with E-state index < -0.39 is 28.0 Å². The number of nitrogens with zero attached hydrogens (tertiary/aromatic N) is 1. The van der Waals surface area contributed by atoms with Crippen molar-refractivity contribution >= 4 is 17.3 Å². The van der Waals surface area contributed by atoms with Crippen LogP contribution in [-0.2, 0) is 4.74 Å². The van der Waals surface area contributed by atoms with Crippen molar-refractivity contribution in [2.45, 2.75) is 13.0 Å². The van der Waals surface area contributed by atoms with Crippen LogP contribution in [0, 0.1) is 15.9 Å². The first kappa shape index (κ1) is 14.8. The van der Waals surface area contributed by atoms with Crippen molar-refractivity contribution in [1.82, 2.24) is 0 Å². The molecule has 7 nitrogen and oxygen atoms in total. The van der Waals surface area contributed by atoms with Gasteiger partial charge in [0, 0.05) is 13.2 Å². The topological polar surface area (TPSA) is 102 Å². The maximum Gasteiger partial charge on any atom is 0.342 e. The minimum atomic E-state index is -1.49. The number of hydrogen-bond acceptors (Lipinski definition) is 5. The third kappa shape index (κ3) is 3.62. The van der Waals surface area contributed by atoms with E-state index >= 15 is 0 Å². The van der Waals surface area contributed by atoms with Crippen LogP contribution < -0.4 is 5.32 Å². The number of rotatable bonds is 6. The molecule has 0 fully saturated rings. The Morgan fingerprint density at radius 2 is 2.26 bits per heavy atom. The van der Waals surface area contributed by atoms with Gasteiger partial charge in [-0.15, -0.1) is 0 Å². The van der Waals surface area contributed by atoms with Crippen molar-refractivity contribution in [2.24, 2.45) is 0 Å². The molecule has 1 aromatic carbocycles. The van der Waals surface area contributed by atoms with Crippen molar-refractivity contribution in [3.63, 3.8) is 0 Å². The van der Waals surface area contributed by atoms with Gasteiger partial charge in [-0.3, -0.25) is 10.1 Å². The number of aromatic carboxylic acids is 1. The summed E-state index contributed by atoms with van der Waals surface area (Å²) in [5, 5.41) is 22.2. The number of nitro benzene ring substituents is 1. The number of ether oxygens (including phenoxy) is 1. The fourth-order valence-electron chi connectivity index (χ4n) is 1.55. The van der Waals surface area contributed by atoms with Gasteiger partial charge < -0.3 is 15.2 Å². The lowest BCUT2D eigenvalue weighted by molar-refractivity contribution is -0.385. The summed E-state index contributed by atoms with van der Waals surface area (Å²) in [4.78, 5) is 20.6. The first-order valence-electron chi connectivity index (χ1n) is 5.33. The quantitative estimate of drug-likeness (QED) is 0.605. The minimum Gasteiger partial charge on any atom is -0.477 e. The molecule has 0 aromatic heterocycles. The summed E-state index contributed by atoms with van der Waals surface area (Å²) in [7, 11) is 1.47. The van der Waals surface area contributed by atoms with Crippen molar-refractivity contribution in [1.29, 1.82) is 0 Å². The van der Waals surface area contributed by atoms with Gasteiger partial charge in [0.15, 0.2) is 5.82 Å². The zero-order chi connectivity index (χ0) is 14.6. The van der Waals surface area contributed by atoms with E-state index in [0.29, 0.717) is 6.07 Å². The summed E-state index contributed by atoms with van der Waals surface area (Å²) < 4.78 is 18.5. The number of benzene rings is 1. The zero-order valence-corrected chi connectivity index (χ0v) is 10.3. The molecule has 0 aliphatic carbocycles. The predicted octanol–water partition coefficient (Wildman–Crippen LogP) is 1.88. The lowest BCUT2D eigenvalue weighted by Gasteiger charge is -2.15. The number of carbonyl (C=O) groups is 1. The number of methoxy groups -OCH3 is 1. The van der Waals surface area contributed by atoms with Gasteiger partial charge in [-0.25, -0.2) is 9.18 Å². The van der Waals surface area contributed by atoms with E-state index in [0.717, 1.165) is 6.07 Å². The Kier molecular flexibility index (Phi) is 4.76. The molecule has 1 aromatic rings. The molecule has 0 aliphatic heterocycles. The van der Waals surface area contributed by atoms with Crippen LogP contribution in [0.2, 0.25) is 0 Å². The van der Waals surface area contributed by atoms with E-state index in [1.54, 1.807) is 6.92 Å². The molecule has 0 heterocycles. The molecule has 19 heavy (non-hydrogen) atoms. The van der Waals surface area contributed by atoms with E-state index in [4.69, 9.17) is 9.84 Å². The van der Waals surface area contributed by atoms with Gasteiger partial charge in [-0.1, -0.05) is 0 Å². The Morgan fingerprint density at radius 3 is 2.74 bits per heavy atom. The number of carboxylic acids is 1. The number of anilines is 1. The summed E-state index contributed by atoms with van der Waals surface area (Å²) in [6.07, 6.45) is 0. The predicted molar refractivity (Wildman–Crippen MR) is 65.0 cm³/mol. The third-order valence-corrected chi connectivity index (χ3v) is 2.33. The highest BCUT2D eigenvalue weighted by atomic mass is 19.1. The van der Waals surface area contributed by atoms with Crippen molar-refractivity contribution < 1.29 is 24.0 Å². The molecule has 8 heteroatoms. The molecular formula is C11H13FN2O5. The van der Waals surface area contributed by atoms with Crippen LogP contribution >= 0.6 is 0 Å². The lowest BCUT2D eigenvalue weighted by atomic mass is 10.1. The average molecular weight is 272 g/mol. The fourth-order valence-corrected chi connectivity index (χ4v) is 1.55. The van der Waals surface area contributed by atoms with E-state index in [2.05, 4.69) is 5.32 Å². The Hall–Kier alpha value is -2.22. The highest BCUT2D eigenvalue weighted by Gasteiger charge is 2.23. The standard InChI is InChI=1S/C11H13FN2O5/c1-6(5-19-2)13-9-3-7(11(15)16)10(14(17)18)4-8(9)12/h3-4,6,13H,5H2,1-2H3,(H,15,16). The fraction of sp³-hybridized carbons (Fsp3) is 0.364. The van der Waals surface area contributed by atoms with E-state index in [1.807, 2.05) is 0 Å². The van der Waals surface area contributed by atoms with E-state index in [9.17, 15) is 19.3 Å². The SMILES string of the molecule is COCC(C)Nc1cc(C(=O)O)c([N+](=O)[O-])cc1F. The van der Waals surface area contributed by atoms with E-state index in [1.165, 1.54) is 7.11 Å². The normalized spacial score (nSPS) is 11.9. The second kappa shape index (κ2) is 6.10. The Bertz CT molecular complexity index is 506. The number of nitro groups is 1. The summed E-state index contributed by atoms with van der Waals surface area (Å²) in [5.74, 6) is -2.38. The molecule has 104 valence electrons. The summed E-state index contributed by atoms with van der Waals surface area (Å²) in [6, 6.07) is 1.22. The van der Waals surface area contributed by atoms with Crippen molar-refractivity contribution in [3.8, 4) is 0 Å². The maximum absolute atomic E-state index is 13.7. The van der Waals surface area contributed by atoms with E-state index in [-0.39, 0.29) is 18.3 Å². The first-order valence-corrected chi connectivity index (χ1v) is 5.33. The van der Waals surface area contributed by atoms with Crippen LogP contribution in [0.1, 0.15) is 17.3 Å². The molecule has 0 radical (unpaired) electrons. The number of nitrogens with one attached hydrogen (secondary N) is 1. The number of halogens is 1. The largest absolute Gasteiger partial charge is 0.477 e. The van der Waals surface area contributed by atoms with Crippen LogP contribution in [0.25, 0.3) is 0 Å². The third-order valence-electron chi connectivity index (χ3n) is 2.33. The van der Waals surface area contributed by atoms with Gasteiger partial charge in [-0.05, 0) is 13.0 Å². The Balaban J connectivity index is 3.17. The summed E-state index contributed by atoms with van der Waals surface area (Å²) >= 11 is 0. The van der Waals surface area contributed by atoms with Crippen LogP contribution in [-0.4, -0.2) is 35.8 Å². The van der Waals surface area contributed by atoms with Crippen LogP contribution in [0.3, 0.4) is 0 Å². The molecule has 1 rings (SSSR count). The molecule has 0 saturated carbocycles. The van der Waals surface area contributed by atoms with Gasteiger partial charge in [0.05, 0.1) is 23.3 Å². The Morgan fingerprint density at radius 1 is 1.63 bits per heavy atom. The summed E-state index contributed by atoms with van der Waals surface area (Å²) in [6.45, 7) is 1.98. The van der Waals surface area contributed by atoms with Gasteiger partial charge in [0.2, 0.25) is 0 Å². The highest BCUT2D eigenvalue weighted by molar-refractivity contribution is 5.93. The molecule has 0 spiro atoms. The molecule has 2 N–H and O–H groups in total. The first-order chi connectivity index (χ1) is 8.86. The average Bonchev–Trinajstić information content (AvgIpc) is 2.31. The molecule has 0 saturated heterocycles. The molecular weight excluding hydrogens is 259 g/mol.